The molecule has 0 spiro atoms. The lowest BCUT2D eigenvalue weighted by Crippen LogP contribution is -2.43. The van der Waals surface area contributed by atoms with Crippen LogP contribution in [0.4, 0.5) is 0 Å². The number of likely N-dealkylation sites (tertiary alicyclic amines) is 1. The fourth-order valence-corrected chi connectivity index (χ4v) is 3.36. The van der Waals surface area contributed by atoms with Crippen molar-refractivity contribution in [3.63, 3.8) is 0 Å². The molecule has 1 amide bonds. The molecule has 1 N–H and O–H groups in total. The van der Waals surface area contributed by atoms with Crippen molar-refractivity contribution in [1.29, 1.82) is 0 Å². The van der Waals surface area contributed by atoms with Gasteiger partial charge in [-0.25, -0.2) is 0 Å². The first kappa shape index (κ1) is 11.3. The Bertz CT molecular complexity index is 396. The van der Waals surface area contributed by atoms with Crippen molar-refractivity contribution < 1.29 is 4.79 Å². The van der Waals surface area contributed by atoms with Crippen molar-refractivity contribution in [3.8, 4) is 0 Å². The molecule has 0 aromatic heterocycles. The molecule has 4 heteroatoms. The summed E-state index contributed by atoms with van der Waals surface area (Å²) in [5.41, 5.74) is 1.20. The van der Waals surface area contributed by atoms with Crippen LogP contribution in [0, 0.1) is 5.92 Å². The quantitative estimate of drug-likeness (QED) is 0.774. The van der Waals surface area contributed by atoms with Crippen molar-refractivity contribution in [2.24, 2.45) is 5.92 Å². The first-order valence-electron chi connectivity index (χ1n) is 6.35. The highest BCUT2D eigenvalue weighted by Gasteiger charge is 2.39. The zero-order valence-corrected chi connectivity index (χ0v) is 10.5. The lowest BCUT2D eigenvalue weighted by molar-refractivity contribution is -0.128. The van der Waals surface area contributed by atoms with Crippen molar-refractivity contribution in [1.82, 2.24) is 10.2 Å². The predicted molar refractivity (Wildman–Crippen MR) is 67.5 cm³/mol. The minimum absolute atomic E-state index is 0.285. The second-order valence-electron chi connectivity index (χ2n) is 5.06. The van der Waals surface area contributed by atoms with Crippen LogP contribution in [0.5, 0.6) is 0 Å². The van der Waals surface area contributed by atoms with Gasteiger partial charge in [0, 0.05) is 29.1 Å². The summed E-state index contributed by atoms with van der Waals surface area (Å²) < 4.78 is 0. The first-order chi connectivity index (χ1) is 8.25. The zero-order valence-electron chi connectivity index (χ0n) is 9.79. The van der Waals surface area contributed by atoms with Gasteiger partial charge in [-0.05, 0) is 44.5 Å². The maximum atomic E-state index is 12.1. The van der Waals surface area contributed by atoms with E-state index in [1.54, 1.807) is 0 Å². The largest absolute Gasteiger partial charge is 0.317 e. The molecule has 0 bridgehead atoms. The SMILES string of the molecule is O=C1CC2CC(Cl)=CC=C2N1C1CCNCC1. The fraction of sp³-hybridized carbons (Fsp3) is 0.615. The molecule has 3 aliphatic rings. The molecule has 1 atom stereocenters. The van der Waals surface area contributed by atoms with Crippen LogP contribution in [0.1, 0.15) is 25.7 Å². The van der Waals surface area contributed by atoms with Crippen LogP contribution < -0.4 is 5.32 Å². The summed E-state index contributed by atoms with van der Waals surface area (Å²) in [6.45, 7) is 2.03. The Morgan fingerprint density at radius 1 is 1.24 bits per heavy atom. The van der Waals surface area contributed by atoms with Crippen molar-refractivity contribution in [3.05, 3.63) is 22.9 Å². The van der Waals surface area contributed by atoms with Crippen LogP contribution in [-0.2, 0) is 4.79 Å². The lowest BCUT2D eigenvalue weighted by Gasteiger charge is -2.33. The van der Waals surface area contributed by atoms with E-state index in [1.165, 1.54) is 5.70 Å². The van der Waals surface area contributed by atoms with E-state index in [-0.39, 0.29) is 5.91 Å². The molecule has 2 fully saturated rings. The Morgan fingerprint density at radius 3 is 2.76 bits per heavy atom. The van der Waals surface area contributed by atoms with Gasteiger partial charge in [0.05, 0.1) is 0 Å². The number of carbonyl (C=O) groups is 1. The minimum atomic E-state index is 0.285. The third-order valence-corrected chi connectivity index (χ3v) is 4.22. The molecule has 2 saturated heterocycles. The molecule has 1 aliphatic carbocycles. The fourth-order valence-electron chi connectivity index (χ4n) is 3.11. The number of nitrogens with one attached hydrogen (secondary N) is 1. The Kier molecular flexibility index (Phi) is 2.97. The molecule has 0 aromatic carbocycles. The molecule has 3 rings (SSSR count). The summed E-state index contributed by atoms with van der Waals surface area (Å²) in [5, 5.41) is 4.22. The number of halogens is 1. The Morgan fingerprint density at radius 2 is 2.00 bits per heavy atom. The van der Waals surface area contributed by atoms with Crippen molar-refractivity contribution >= 4 is 17.5 Å². The van der Waals surface area contributed by atoms with Crippen LogP contribution in [-0.4, -0.2) is 29.9 Å². The summed E-state index contributed by atoms with van der Waals surface area (Å²) in [4.78, 5) is 14.2. The monoisotopic (exact) mass is 252 g/mol. The molecular formula is C13H17ClN2O. The van der Waals surface area contributed by atoms with Gasteiger partial charge in [0.1, 0.15) is 0 Å². The number of hydrogen-bond donors (Lipinski definition) is 1. The Hall–Kier alpha value is -0.800. The van der Waals surface area contributed by atoms with Crippen LogP contribution in [0.2, 0.25) is 0 Å². The minimum Gasteiger partial charge on any atom is -0.317 e. The van der Waals surface area contributed by atoms with E-state index in [0.29, 0.717) is 18.4 Å². The van der Waals surface area contributed by atoms with Gasteiger partial charge in [0.15, 0.2) is 0 Å². The summed E-state index contributed by atoms with van der Waals surface area (Å²) in [5.74, 6) is 0.614. The molecule has 0 radical (unpaired) electrons. The average molecular weight is 253 g/mol. The van der Waals surface area contributed by atoms with Gasteiger partial charge in [-0.1, -0.05) is 11.6 Å². The molecule has 2 heterocycles. The first-order valence-corrected chi connectivity index (χ1v) is 6.72. The predicted octanol–water partition coefficient (Wildman–Crippen LogP) is 2.00. The summed E-state index contributed by atoms with van der Waals surface area (Å²) in [7, 11) is 0. The van der Waals surface area contributed by atoms with Crippen LogP contribution in [0.15, 0.2) is 22.9 Å². The van der Waals surface area contributed by atoms with Gasteiger partial charge in [-0.3, -0.25) is 4.79 Å². The van der Waals surface area contributed by atoms with E-state index in [9.17, 15) is 4.79 Å². The Balaban J connectivity index is 1.85. The summed E-state index contributed by atoms with van der Waals surface area (Å²) in [6.07, 6.45) is 7.59. The highest BCUT2D eigenvalue weighted by molar-refractivity contribution is 6.29. The molecule has 92 valence electrons. The number of piperidine rings is 1. The molecule has 0 aromatic rings. The van der Waals surface area contributed by atoms with E-state index < -0.39 is 0 Å². The van der Waals surface area contributed by atoms with E-state index >= 15 is 0 Å². The van der Waals surface area contributed by atoms with Gasteiger partial charge in [-0.2, -0.15) is 0 Å². The molecule has 2 aliphatic heterocycles. The third kappa shape index (κ3) is 2.02. The van der Waals surface area contributed by atoms with Gasteiger partial charge in [0.25, 0.3) is 0 Å². The number of carbonyl (C=O) groups excluding carboxylic acids is 1. The van der Waals surface area contributed by atoms with Gasteiger partial charge >= 0.3 is 0 Å². The maximum absolute atomic E-state index is 12.1. The van der Waals surface area contributed by atoms with Crippen LogP contribution in [0.3, 0.4) is 0 Å². The smallest absolute Gasteiger partial charge is 0.227 e. The normalized spacial score (nSPS) is 30.1. The third-order valence-electron chi connectivity index (χ3n) is 3.94. The molecule has 0 saturated carbocycles. The molecular weight excluding hydrogens is 236 g/mol. The summed E-state index contributed by atoms with van der Waals surface area (Å²) in [6, 6.07) is 0.394. The average Bonchev–Trinajstić information content (AvgIpc) is 2.65. The molecule has 17 heavy (non-hydrogen) atoms. The second-order valence-corrected chi connectivity index (χ2v) is 5.54. The van der Waals surface area contributed by atoms with E-state index in [1.807, 2.05) is 17.1 Å². The van der Waals surface area contributed by atoms with E-state index in [2.05, 4.69) is 5.32 Å². The summed E-state index contributed by atoms with van der Waals surface area (Å²) >= 11 is 6.04. The number of amides is 1. The van der Waals surface area contributed by atoms with Crippen LogP contribution in [0.25, 0.3) is 0 Å². The number of hydrogen-bond acceptors (Lipinski definition) is 2. The topological polar surface area (TPSA) is 32.3 Å². The van der Waals surface area contributed by atoms with E-state index in [0.717, 1.165) is 37.4 Å². The van der Waals surface area contributed by atoms with Crippen molar-refractivity contribution in [2.75, 3.05) is 13.1 Å². The molecule has 1 unspecified atom stereocenters. The number of allylic oxidation sites excluding steroid dienone is 4. The Labute approximate surface area is 106 Å². The van der Waals surface area contributed by atoms with E-state index in [4.69, 9.17) is 11.6 Å². The lowest BCUT2D eigenvalue weighted by atomic mass is 9.96. The second kappa shape index (κ2) is 4.46. The highest BCUT2D eigenvalue weighted by atomic mass is 35.5. The number of fused-ring (bicyclic) bond motifs is 1. The van der Waals surface area contributed by atoms with Crippen molar-refractivity contribution in [2.45, 2.75) is 31.7 Å². The maximum Gasteiger partial charge on any atom is 0.227 e. The standard InChI is InChI=1S/C13H17ClN2O/c14-10-1-2-12-9(7-10)8-13(17)16(12)11-3-5-15-6-4-11/h1-2,9,11,15H,3-8H2. The zero-order chi connectivity index (χ0) is 11.8. The van der Waals surface area contributed by atoms with Crippen LogP contribution >= 0.6 is 11.6 Å². The van der Waals surface area contributed by atoms with Gasteiger partial charge in [0.2, 0.25) is 5.91 Å². The number of rotatable bonds is 1. The number of nitrogens with zero attached hydrogens (tertiary/aromatic N) is 1. The molecule has 3 nitrogen and oxygen atoms in total. The highest BCUT2D eigenvalue weighted by Crippen LogP contribution is 2.40. The van der Waals surface area contributed by atoms with Gasteiger partial charge in [-0.15, -0.1) is 0 Å². The van der Waals surface area contributed by atoms with Gasteiger partial charge < -0.3 is 10.2 Å².